The molecule has 0 aliphatic heterocycles. The van der Waals surface area contributed by atoms with E-state index in [1.54, 1.807) is 13.8 Å². The summed E-state index contributed by atoms with van der Waals surface area (Å²) in [5.41, 5.74) is -0.617. The molecule has 1 rings (SSSR count). The number of carbonyl (C=O) groups is 2. The maximum absolute atomic E-state index is 12.3. The van der Waals surface area contributed by atoms with Gasteiger partial charge in [0.15, 0.2) is 12.7 Å². The third-order valence-electron chi connectivity index (χ3n) is 3.60. The summed E-state index contributed by atoms with van der Waals surface area (Å²) in [4.78, 5) is 23.3. The summed E-state index contributed by atoms with van der Waals surface area (Å²) in [6.45, 7) is 5.47. The highest BCUT2D eigenvalue weighted by atomic mass is 19.4. The molecule has 0 bridgehead atoms. The summed E-state index contributed by atoms with van der Waals surface area (Å²) in [5.74, 6) is -0.989. The molecular weight excluding hydrogens is 341 g/mol. The summed E-state index contributed by atoms with van der Waals surface area (Å²) in [6, 6.07) is 5.79. The normalized spacial score (nSPS) is 13.1. The lowest BCUT2D eigenvalue weighted by molar-refractivity contribution is -0.217. The van der Waals surface area contributed by atoms with Crippen molar-refractivity contribution in [1.29, 1.82) is 0 Å². The number of rotatable bonds is 7. The number of carbonyl (C=O) groups excluding carboxylic acids is 2. The molecule has 1 unspecified atom stereocenters. The second-order valence-electron chi connectivity index (χ2n) is 6.06. The highest BCUT2D eigenvalue weighted by Gasteiger charge is 2.39. The van der Waals surface area contributed by atoms with Crippen LogP contribution in [-0.4, -0.2) is 30.8 Å². The quantitative estimate of drug-likeness (QED) is 0.544. The second kappa shape index (κ2) is 8.22. The van der Waals surface area contributed by atoms with Crippen LogP contribution in [0.4, 0.5) is 13.2 Å². The van der Waals surface area contributed by atoms with Crippen molar-refractivity contribution in [2.75, 3.05) is 6.61 Å². The fourth-order valence-electron chi connectivity index (χ4n) is 1.43. The molecule has 0 saturated heterocycles. The van der Waals surface area contributed by atoms with Crippen LogP contribution in [0.5, 0.6) is 11.5 Å². The molecule has 0 radical (unpaired) electrons. The minimum Gasteiger partial charge on any atom is -0.482 e. The Balaban J connectivity index is 2.52. The second-order valence-corrected chi connectivity index (χ2v) is 6.06. The lowest BCUT2D eigenvalue weighted by Crippen LogP contribution is -2.32. The van der Waals surface area contributed by atoms with Gasteiger partial charge in [0, 0.05) is 0 Å². The molecule has 0 N–H and O–H groups in total. The van der Waals surface area contributed by atoms with Gasteiger partial charge in [-0.25, -0.2) is 4.79 Å². The van der Waals surface area contributed by atoms with Crippen LogP contribution in [0.15, 0.2) is 24.3 Å². The van der Waals surface area contributed by atoms with Gasteiger partial charge in [-0.05, 0) is 51.5 Å². The van der Waals surface area contributed by atoms with Crippen molar-refractivity contribution in [3.63, 3.8) is 0 Å². The minimum atomic E-state index is -4.62. The Kier molecular flexibility index (Phi) is 6.84. The highest BCUT2D eigenvalue weighted by molar-refractivity contribution is 5.78. The molecule has 5 nitrogen and oxygen atoms in total. The monoisotopic (exact) mass is 362 g/mol. The van der Waals surface area contributed by atoms with Crippen molar-refractivity contribution in [3.8, 4) is 11.5 Å². The molecule has 0 spiro atoms. The molecule has 0 heterocycles. The van der Waals surface area contributed by atoms with Crippen molar-refractivity contribution in [1.82, 2.24) is 0 Å². The van der Waals surface area contributed by atoms with Crippen molar-refractivity contribution in [2.45, 2.75) is 46.4 Å². The van der Waals surface area contributed by atoms with Crippen LogP contribution in [0.25, 0.3) is 0 Å². The van der Waals surface area contributed by atoms with Crippen molar-refractivity contribution < 1.29 is 37.0 Å². The van der Waals surface area contributed by atoms with E-state index in [0.29, 0.717) is 12.2 Å². The van der Waals surface area contributed by atoms with Crippen LogP contribution in [0, 0.1) is 5.41 Å². The average Bonchev–Trinajstić information content (AvgIpc) is 2.53. The van der Waals surface area contributed by atoms with Crippen LogP contribution in [0.1, 0.15) is 34.1 Å². The maximum Gasteiger partial charge on any atom is 0.425 e. The van der Waals surface area contributed by atoms with Crippen LogP contribution in [0.2, 0.25) is 0 Å². The number of halogens is 3. The molecule has 1 aromatic rings. The summed E-state index contributed by atoms with van der Waals surface area (Å²) in [6.07, 6.45) is -6.20. The number of alkyl halides is 3. The average molecular weight is 362 g/mol. The van der Waals surface area contributed by atoms with Gasteiger partial charge in [-0.3, -0.25) is 4.79 Å². The SMILES string of the molecule is CCC(C)(C)C(=O)Oc1ccc(OCC(=O)OC(C)C(F)(F)F)cc1. The smallest absolute Gasteiger partial charge is 0.425 e. The van der Waals surface area contributed by atoms with Crippen molar-refractivity contribution >= 4 is 11.9 Å². The molecule has 0 aliphatic rings. The van der Waals surface area contributed by atoms with Crippen LogP contribution in [0.3, 0.4) is 0 Å². The summed E-state index contributed by atoms with van der Waals surface area (Å²) >= 11 is 0. The zero-order valence-corrected chi connectivity index (χ0v) is 14.5. The summed E-state index contributed by atoms with van der Waals surface area (Å²) in [5, 5.41) is 0. The van der Waals surface area contributed by atoms with Gasteiger partial charge in [0.25, 0.3) is 0 Å². The van der Waals surface area contributed by atoms with Gasteiger partial charge in [-0.2, -0.15) is 13.2 Å². The first-order chi connectivity index (χ1) is 11.5. The van der Waals surface area contributed by atoms with E-state index in [9.17, 15) is 22.8 Å². The number of hydrogen-bond acceptors (Lipinski definition) is 5. The zero-order chi connectivity index (χ0) is 19.3. The standard InChI is InChI=1S/C17H21F3O5/c1-5-16(3,4)15(22)25-13-8-6-12(7-9-13)23-10-14(21)24-11(2)17(18,19)20/h6-9,11H,5,10H2,1-4H3. The van der Waals surface area contributed by atoms with E-state index < -0.39 is 30.3 Å². The zero-order valence-electron chi connectivity index (χ0n) is 14.5. The Morgan fingerprint density at radius 1 is 1.08 bits per heavy atom. The Morgan fingerprint density at radius 3 is 2.08 bits per heavy atom. The fourth-order valence-corrected chi connectivity index (χ4v) is 1.43. The van der Waals surface area contributed by atoms with Crippen LogP contribution in [-0.2, 0) is 14.3 Å². The Morgan fingerprint density at radius 2 is 1.60 bits per heavy atom. The predicted octanol–water partition coefficient (Wildman–Crippen LogP) is 3.90. The first kappa shape index (κ1) is 20.8. The Labute approximate surface area is 144 Å². The Bertz CT molecular complexity index is 593. The molecule has 0 aliphatic carbocycles. The molecule has 0 fully saturated rings. The number of hydrogen-bond donors (Lipinski definition) is 0. The molecule has 0 aromatic heterocycles. The van der Waals surface area contributed by atoms with Gasteiger partial charge >= 0.3 is 18.1 Å². The maximum atomic E-state index is 12.3. The molecule has 0 amide bonds. The van der Waals surface area contributed by atoms with E-state index in [4.69, 9.17) is 9.47 Å². The Hall–Kier alpha value is -2.25. The van der Waals surface area contributed by atoms with Gasteiger partial charge in [-0.15, -0.1) is 0 Å². The molecule has 8 heteroatoms. The van der Waals surface area contributed by atoms with E-state index in [2.05, 4.69) is 4.74 Å². The van der Waals surface area contributed by atoms with Gasteiger partial charge in [0.2, 0.25) is 0 Å². The molecule has 1 atom stereocenters. The third kappa shape index (κ3) is 6.64. The molecule has 140 valence electrons. The number of benzene rings is 1. The molecule has 0 saturated carbocycles. The van der Waals surface area contributed by atoms with Gasteiger partial charge < -0.3 is 14.2 Å². The molecule has 25 heavy (non-hydrogen) atoms. The van der Waals surface area contributed by atoms with Crippen molar-refractivity contribution in [3.05, 3.63) is 24.3 Å². The third-order valence-corrected chi connectivity index (χ3v) is 3.60. The fraction of sp³-hybridized carbons (Fsp3) is 0.529. The van der Waals surface area contributed by atoms with Gasteiger partial charge in [0.05, 0.1) is 5.41 Å². The minimum absolute atomic E-state index is 0.228. The van der Waals surface area contributed by atoms with Gasteiger partial charge in [-0.1, -0.05) is 6.92 Å². The largest absolute Gasteiger partial charge is 0.482 e. The topological polar surface area (TPSA) is 61.8 Å². The van der Waals surface area contributed by atoms with E-state index in [0.717, 1.165) is 6.92 Å². The van der Waals surface area contributed by atoms with E-state index >= 15 is 0 Å². The molecule has 1 aromatic carbocycles. The first-order valence-electron chi connectivity index (χ1n) is 7.67. The molecular formula is C17H21F3O5. The predicted molar refractivity (Wildman–Crippen MR) is 83.3 cm³/mol. The van der Waals surface area contributed by atoms with Crippen molar-refractivity contribution in [2.24, 2.45) is 5.41 Å². The summed E-state index contributed by atoms with van der Waals surface area (Å²) in [7, 11) is 0. The number of ether oxygens (including phenoxy) is 3. The first-order valence-corrected chi connectivity index (χ1v) is 7.67. The van der Waals surface area contributed by atoms with Crippen LogP contribution >= 0.6 is 0 Å². The number of esters is 2. The lowest BCUT2D eigenvalue weighted by atomic mass is 9.91. The van der Waals surface area contributed by atoms with Gasteiger partial charge in [0.1, 0.15) is 11.5 Å². The van der Waals surface area contributed by atoms with E-state index in [-0.39, 0.29) is 11.7 Å². The summed E-state index contributed by atoms with van der Waals surface area (Å²) < 4.78 is 51.3. The lowest BCUT2D eigenvalue weighted by Gasteiger charge is -2.20. The van der Waals surface area contributed by atoms with Crippen LogP contribution < -0.4 is 9.47 Å². The van der Waals surface area contributed by atoms with E-state index in [1.165, 1.54) is 24.3 Å². The highest BCUT2D eigenvalue weighted by Crippen LogP contribution is 2.25. The van der Waals surface area contributed by atoms with E-state index in [1.807, 2.05) is 6.92 Å².